The van der Waals surface area contributed by atoms with Crippen LogP contribution in [0, 0.1) is 34.5 Å². The van der Waals surface area contributed by atoms with Gasteiger partial charge in [0.25, 0.3) is 0 Å². The van der Waals surface area contributed by atoms with Crippen LogP contribution in [0.25, 0.3) is 0 Å². The molecule has 2 nitrogen and oxygen atoms in total. The minimum atomic E-state index is -4.25. The molecule has 166 valence electrons. The van der Waals surface area contributed by atoms with Gasteiger partial charge in [0.2, 0.25) is 0 Å². The van der Waals surface area contributed by atoms with Crippen molar-refractivity contribution < 1.29 is 22.8 Å². The van der Waals surface area contributed by atoms with Crippen LogP contribution in [0.1, 0.15) is 78.1 Å². The summed E-state index contributed by atoms with van der Waals surface area (Å²) >= 11 is 0. The molecule has 0 radical (unpaired) electrons. The summed E-state index contributed by atoms with van der Waals surface area (Å²) in [5.41, 5.74) is 1.90. The van der Waals surface area contributed by atoms with Gasteiger partial charge in [-0.05, 0) is 79.1 Å². The number of Topliss-reactive ketones (excluding diaryl/α,β-unsaturated/α-hetero) is 1. The van der Waals surface area contributed by atoms with Crippen LogP contribution in [-0.2, 0) is 9.59 Å². The quantitative estimate of drug-likeness (QED) is 0.468. The molecule has 2 saturated carbocycles. The maximum atomic E-state index is 12.9. The first-order chi connectivity index (χ1) is 14.1. The predicted octanol–water partition coefficient (Wildman–Crippen LogP) is 6.60. The molecule has 0 heterocycles. The monoisotopic (exact) mass is 422 g/mol. The number of ketones is 1. The van der Waals surface area contributed by atoms with Crippen molar-refractivity contribution in [1.29, 1.82) is 0 Å². The first kappa shape index (κ1) is 21.8. The smallest absolute Gasteiger partial charge is 0.299 e. The number of carbonyl (C=O) groups excluding carboxylic acids is 2. The number of fused-ring (bicyclic) bond motifs is 5. The lowest BCUT2D eigenvalue weighted by atomic mass is 9.47. The number of aldehydes is 1. The van der Waals surface area contributed by atoms with Crippen LogP contribution in [-0.4, -0.2) is 18.2 Å². The molecule has 0 aromatic rings. The van der Waals surface area contributed by atoms with Crippen LogP contribution in [0.5, 0.6) is 0 Å². The molecule has 5 heteroatoms. The SMILES string of the molecule is C[C@@]12CCC[C@H]1[C@@H]1CC=C3C=C(C=O)C(C(=O)CCCC(F)(F)F)C[C@]3(C)[C@H]1CC2. The van der Waals surface area contributed by atoms with Crippen LogP contribution in [0.2, 0.25) is 0 Å². The fraction of sp³-hybridized carbons (Fsp3) is 0.760. The molecule has 0 N–H and O–H groups in total. The highest BCUT2D eigenvalue weighted by atomic mass is 19.4. The van der Waals surface area contributed by atoms with Crippen LogP contribution < -0.4 is 0 Å². The highest BCUT2D eigenvalue weighted by Crippen LogP contribution is 2.64. The Kier molecular flexibility index (Phi) is 5.55. The summed E-state index contributed by atoms with van der Waals surface area (Å²) in [7, 11) is 0. The number of hydrogen-bond donors (Lipinski definition) is 0. The first-order valence-corrected chi connectivity index (χ1v) is 11.5. The Labute approximate surface area is 177 Å². The van der Waals surface area contributed by atoms with E-state index in [4.69, 9.17) is 0 Å². The fourth-order valence-corrected chi connectivity index (χ4v) is 7.48. The van der Waals surface area contributed by atoms with Crippen LogP contribution in [0.3, 0.4) is 0 Å². The first-order valence-electron chi connectivity index (χ1n) is 11.5. The number of allylic oxidation sites excluding steroid dienone is 4. The third-order valence-electron chi connectivity index (χ3n) is 9.07. The van der Waals surface area contributed by atoms with Crippen LogP contribution >= 0.6 is 0 Å². The molecule has 0 aliphatic heterocycles. The van der Waals surface area contributed by atoms with Crippen LogP contribution in [0.4, 0.5) is 13.2 Å². The van der Waals surface area contributed by atoms with E-state index in [-0.39, 0.29) is 24.0 Å². The molecule has 30 heavy (non-hydrogen) atoms. The third-order valence-corrected chi connectivity index (χ3v) is 9.07. The van der Waals surface area contributed by atoms with Crippen molar-refractivity contribution in [1.82, 2.24) is 0 Å². The fourth-order valence-electron chi connectivity index (χ4n) is 7.48. The maximum absolute atomic E-state index is 12.9. The molecule has 4 aliphatic carbocycles. The summed E-state index contributed by atoms with van der Waals surface area (Å²) in [5, 5.41) is 0. The maximum Gasteiger partial charge on any atom is 0.389 e. The zero-order valence-electron chi connectivity index (χ0n) is 18.1. The molecule has 2 fully saturated rings. The number of hydrogen-bond acceptors (Lipinski definition) is 2. The number of alkyl halides is 3. The molecular formula is C25H33F3O2. The highest BCUT2D eigenvalue weighted by molar-refractivity contribution is 5.92. The van der Waals surface area contributed by atoms with E-state index in [0.29, 0.717) is 29.2 Å². The molecule has 0 saturated heterocycles. The molecule has 0 aromatic heterocycles. The zero-order valence-corrected chi connectivity index (χ0v) is 18.1. The van der Waals surface area contributed by atoms with Crippen molar-refractivity contribution in [3.63, 3.8) is 0 Å². The highest BCUT2D eigenvalue weighted by Gasteiger charge is 2.56. The second kappa shape index (κ2) is 7.63. The number of carbonyl (C=O) groups is 2. The summed E-state index contributed by atoms with van der Waals surface area (Å²) in [6.45, 7) is 4.68. The van der Waals surface area contributed by atoms with E-state index in [1.54, 1.807) is 0 Å². The third kappa shape index (κ3) is 3.71. The van der Waals surface area contributed by atoms with Gasteiger partial charge in [0.05, 0.1) is 0 Å². The van der Waals surface area contributed by atoms with Gasteiger partial charge < -0.3 is 0 Å². The topological polar surface area (TPSA) is 34.1 Å². The van der Waals surface area contributed by atoms with Gasteiger partial charge in [-0.3, -0.25) is 9.59 Å². The van der Waals surface area contributed by atoms with E-state index in [2.05, 4.69) is 19.9 Å². The van der Waals surface area contributed by atoms with E-state index in [0.717, 1.165) is 25.0 Å². The van der Waals surface area contributed by atoms with Crippen molar-refractivity contribution >= 4 is 12.1 Å². The van der Waals surface area contributed by atoms with Gasteiger partial charge in [-0.15, -0.1) is 0 Å². The molecule has 1 unspecified atom stereocenters. The lowest BCUT2D eigenvalue weighted by Crippen LogP contribution is -2.49. The second-order valence-electron chi connectivity index (χ2n) is 10.7. The van der Waals surface area contributed by atoms with Crippen molar-refractivity contribution in [2.45, 2.75) is 84.2 Å². The van der Waals surface area contributed by atoms with Crippen molar-refractivity contribution in [2.75, 3.05) is 0 Å². The molecule has 0 spiro atoms. The second-order valence-corrected chi connectivity index (χ2v) is 10.7. The molecule has 6 atom stereocenters. The summed E-state index contributed by atoms with van der Waals surface area (Å²) in [4.78, 5) is 24.6. The largest absolute Gasteiger partial charge is 0.389 e. The lowest BCUT2D eigenvalue weighted by Gasteiger charge is -2.57. The Hall–Kier alpha value is -1.39. The molecule has 4 aliphatic rings. The Bertz CT molecular complexity index is 780. The Morgan fingerprint density at radius 3 is 2.67 bits per heavy atom. The minimum Gasteiger partial charge on any atom is -0.299 e. The van der Waals surface area contributed by atoms with Gasteiger partial charge in [-0.1, -0.05) is 32.4 Å². The average molecular weight is 423 g/mol. The molecule has 0 amide bonds. The standard InChI is InChI=1S/C25H33F3O2/c1-23-10-3-5-20(23)18-8-7-17-13-16(15-29)19(14-24(17,2)21(18)9-12-23)22(30)6-4-11-25(26,27)28/h7,13,15,18-21H,3-6,8-12,14H2,1-2H3/t18-,19?,20-,21-,23-,24-/m0/s1. The van der Waals surface area contributed by atoms with Crippen molar-refractivity contribution in [3.05, 3.63) is 23.3 Å². The minimum absolute atomic E-state index is 0.112. The Balaban J connectivity index is 1.57. The van der Waals surface area contributed by atoms with Gasteiger partial charge in [-0.2, -0.15) is 13.2 Å². The molecule has 0 bridgehead atoms. The van der Waals surface area contributed by atoms with E-state index < -0.39 is 18.5 Å². The molecule has 4 rings (SSSR count). The van der Waals surface area contributed by atoms with Crippen molar-refractivity contribution in [3.8, 4) is 0 Å². The predicted molar refractivity (Wildman–Crippen MR) is 110 cm³/mol. The Morgan fingerprint density at radius 2 is 1.97 bits per heavy atom. The summed E-state index contributed by atoms with van der Waals surface area (Å²) in [6, 6.07) is 0. The summed E-state index contributed by atoms with van der Waals surface area (Å²) < 4.78 is 37.5. The molecular weight excluding hydrogens is 389 g/mol. The lowest BCUT2D eigenvalue weighted by molar-refractivity contribution is -0.138. The molecule has 0 aromatic carbocycles. The van der Waals surface area contributed by atoms with Gasteiger partial charge in [0, 0.05) is 24.3 Å². The summed E-state index contributed by atoms with van der Waals surface area (Å²) in [6.07, 6.45) is 7.29. The van der Waals surface area contributed by atoms with E-state index in [9.17, 15) is 22.8 Å². The van der Waals surface area contributed by atoms with Gasteiger partial charge >= 0.3 is 6.18 Å². The van der Waals surface area contributed by atoms with E-state index >= 15 is 0 Å². The van der Waals surface area contributed by atoms with E-state index in [1.165, 1.54) is 31.3 Å². The van der Waals surface area contributed by atoms with E-state index in [1.807, 2.05) is 6.08 Å². The van der Waals surface area contributed by atoms with Gasteiger partial charge in [-0.25, -0.2) is 0 Å². The number of halogens is 3. The average Bonchev–Trinajstić information content (AvgIpc) is 3.07. The van der Waals surface area contributed by atoms with Crippen LogP contribution in [0.15, 0.2) is 23.3 Å². The number of rotatable bonds is 5. The normalized spacial score (nSPS) is 40.6. The van der Waals surface area contributed by atoms with Gasteiger partial charge in [0.1, 0.15) is 12.1 Å². The van der Waals surface area contributed by atoms with Gasteiger partial charge in [0.15, 0.2) is 0 Å². The Morgan fingerprint density at radius 1 is 1.20 bits per heavy atom. The zero-order chi connectivity index (χ0) is 21.7. The summed E-state index contributed by atoms with van der Waals surface area (Å²) in [5.74, 6) is 1.06. The van der Waals surface area contributed by atoms with Crippen molar-refractivity contribution in [2.24, 2.45) is 34.5 Å².